The summed E-state index contributed by atoms with van der Waals surface area (Å²) in [6.07, 6.45) is -1.19. The van der Waals surface area contributed by atoms with Gasteiger partial charge in [-0.05, 0) is 58.0 Å². The highest BCUT2D eigenvalue weighted by Crippen LogP contribution is 2.27. The first-order valence-corrected chi connectivity index (χ1v) is 6.14. The van der Waals surface area contributed by atoms with Crippen LogP contribution in [0.25, 0.3) is 0 Å². The van der Waals surface area contributed by atoms with Crippen molar-refractivity contribution in [3.8, 4) is 0 Å². The zero-order valence-corrected chi connectivity index (χ0v) is 11.2. The van der Waals surface area contributed by atoms with Crippen molar-refractivity contribution in [3.05, 3.63) is 68.5 Å². The van der Waals surface area contributed by atoms with E-state index in [4.69, 9.17) is 0 Å². The smallest absolute Gasteiger partial charge is 0.126 e. The second kappa shape index (κ2) is 5.27. The predicted molar refractivity (Wildman–Crippen MR) is 69.5 cm³/mol. The Balaban J connectivity index is 2.44. The van der Waals surface area contributed by atoms with Crippen molar-refractivity contribution >= 4 is 22.6 Å². The molecule has 0 saturated heterocycles. The number of benzene rings is 2. The van der Waals surface area contributed by atoms with Crippen LogP contribution in [0.2, 0.25) is 0 Å². The topological polar surface area (TPSA) is 20.2 Å². The van der Waals surface area contributed by atoms with Gasteiger partial charge >= 0.3 is 0 Å². The lowest BCUT2D eigenvalue weighted by atomic mass is 10.0. The number of hydrogen-bond donors (Lipinski definition) is 1. The fraction of sp³-hybridized carbons (Fsp3) is 0.0769. The fourth-order valence-corrected chi connectivity index (χ4v) is 2.41. The van der Waals surface area contributed by atoms with E-state index >= 15 is 0 Å². The molecule has 2 rings (SSSR count). The Bertz CT molecular complexity index is 566. The van der Waals surface area contributed by atoms with Crippen LogP contribution in [0, 0.1) is 21.0 Å². The van der Waals surface area contributed by atoms with Crippen LogP contribution in [0.15, 0.2) is 36.4 Å². The van der Waals surface area contributed by atoms with Gasteiger partial charge in [0, 0.05) is 9.64 Å². The van der Waals surface area contributed by atoms with E-state index in [0.717, 1.165) is 18.2 Å². The SMILES string of the molecule is OC(c1cc(F)cc(F)c1)c1ccc(F)cc1I. The van der Waals surface area contributed by atoms with E-state index in [9.17, 15) is 18.3 Å². The van der Waals surface area contributed by atoms with Gasteiger partial charge in [-0.1, -0.05) is 6.07 Å². The van der Waals surface area contributed by atoms with E-state index in [1.54, 1.807) is 0 Å². The van der Waals surface area contributed by atoms with Gasteiger partial charge in [0.05, 0.1) is 0 Å². The zero-order valence-electron chi connectivity index (χ0n) is 9.00. The maximum absolute atomic E-state index is 13.1. The summed E-state index contributed by atoms with van der Waals surface area (Å²) in [7, 11) is 0. The molecule has 18 heavy (non-hydrogen) atoms. The number of aliphatic hydroxyl groups excluding tert-OH is 1. The van der Waals surface area contributed by atoms with Gasteiger partial charge in [0.25, 0.3) is 0 Å². The lowest BCUT2D eigenvalue weighted by Crippen LogP contribution is -2.03. The largest absolute Gasteiger partial charge is 0.384 e. The molecule has 0 heterocycles. The Kier molecular flexibility index (Phi) is 3.91. The summed E-state index contributed by atoms with van der Waals surface area (Å²) in [4.78, 5) is 0. The van der Waals surface area contributed by atoms with Gasteiger partial charge in [-0.25, -0.2) is 13.2 Å². The normalized spacial score (nSPS) is 12.5. The molecule has 0 aliphatic rings. The minimum absolute atomic E-state index is 0.0945. The summed E-state index contributed by atoms with van der Waals surface area (Å²) in [5.74, 6) is -1.96. The molecule has 1 N–H and O–H groups in total. The maximum Gasteiger partial charge on any atom is 0.126 e. The molecule has 0 aromatic heterocycles. The second-order valence-corrected chi connectivity index (χ2v) is 4.93. The Labute approximate surface area is 115 Å². The van der Waals surface area contributed by atoms with Crippen molar-refractivity contribution in [3.63, 3.8) is 0 Å². The molecule has 1 unspecified atom stereocenters. The lowest BCUT2D eigenvalue weighted by Gasteiger charge is -2.13. The molecule has 2 aromatic carbocycles. The Morgan fingerprint density at radius 1 is 0.889 bits per heavy atom. The predicted octanol–water partition coefficient (Wildman–Crippen LogP) is 3.79. The van der Waals surface area contributed by atoms with E-state index in [0.29, 0.717) is 9.13 Å². The molecular weight excluding hydrogens is 356 g/mol. The average molecular weight is 364 g/mol. The van der Waals surface area contributed by atoms with Crippen LogP contribution in [0.1, 0.15) is 17.2 Å². The third-order valence-electron chi connectivity index (χ3n) is 2.46. The number of halogens is 4. The van der Waals surface area contributed by atoms with Crippen molar-refractivity contribution in [2.24, 2.45) is 0 Å². The Morgan fingerprint density at radius 3 is 2.06 bits per heavy atom. The van der Waals surface area contributed by atoms with E-state index < -0.39 is 23.6 Å². The van der Waals surface area contributed by atoms with Crippen molar-refractivity contribution in [2.75, 3.05) is 0 Å². The summed E-state index contributed by atoms with van der Waals surface area (Å²) in [5, 5.41) is 10.1. The summed E-state index contributed by atoms with van der Waals surface area (Å²) in [5.41, 5.74) is 0.499. The summed E-state index contributed by atoms with van der Waals surface area (Å²) < 4.78 is 39.5. The summed E-state index contributed by atoms with van der Waals surface area (Å²) >= 11 is 1.86. The molecule has 5 heteroatoms. The molecule has 1 nitrogen and oxygen atoms in total. The molecule has 0 aliphatic carbocycles. The van der Waals surface area contributed by atoms with Crippen molar-refractivity contribution in [2.45, 2.75) is 6.10 Å². The molecule has 94 valence electrons. The minimum atomic E-state index is -1.19. The molecule has 0 amide bonds. The van der Waals surface area contributed by atoms with E-state index in [-0.39, 0.29) is 5.56 Å². The van der Waals surface area contributed by atoms with E-state index in [1.165, 1.54) is 18.2 Å². The first-order chi connectivity index (χ1) is 8.47. The van der Waals surface area contributed by atoms with Gasteiger partial charge in [0.2, 0.25) is 0 Å². The second-order valence-electron chi connectivity index (χ2n) is 3.77. The van der Waals surface area contributed by atoms with Crippen LogP contribution in [0.4, 0.5) is 13.2 Å². The fourth-order valence-electron chi connectivity index (χ4n) is 1.64. The maximum atomic E-state index is 13.1. The van der Waals surface area contributed by atoms with Crippen LogP contribution >= 0.6 is 22.6 Å². The highest BCUT2D eigenvalue weighted by Gasteiger charge is 2.16. The number of rotatable bonds is 2. The molecule has 0 spiro atoms. The van der Waals surface area contributed by atoms with Crippen LogP contribution in [0.5, 0.6) is 0 Å². The van der Waals surface area contributed by atoms with Crippen LogP contribution in [-0.2, 0) is 0 Å². The van der Waals surface area contributed by atoms with Crippen LogP contribution in [0.3, 0.4) is 0 Å². The lowest BCUT2D eigenvalue weighted by molar-refractivity contribution is 0.218. The van der Waals surface area contributed by atoms with Gasteiger partial charge in [-0.15, -0.1) is 0 Å². The molecule has 1 atom stereocenters. The van der Waals surface area contributed by atoms with Gasteiger partial charge in [0.15, 0.2) is 0 Å². The highest BCUT2D eigenvalue weighted by atomic mass is 127. The first kappa shape index (κ1) is 13.4. The average Bonchev–Trinajstić information content (AvgIpc) is 2.26. The molecule has 0 radical (unpaired) electrons. The Morgan fingerprint density at radius 2 is 1.50 bits per heavy atom. The molecule has 0 aliphatic heterocycles. The number of aliphatic hydroxyl groups is 1. The summed E-state index contributed by atoms with van der Waals surface area (Å²) in [6, 6.07) is 6.65. The van der Waals surface area contributed by atoms with Crippen LogP contribution in [-0.4, -0.2) is 5.11 Å². The summed E-state index contributed by atoms with van der Waals surface area (Å²) in [6.45, 7) is 0. The zero-order chi connectivity index (χ0) is 13.3. The number of hydrogen-bond acceptors (Lipinski definition) is 1. The van der Waals surface area contributed by atoms with Gasteiger partial charge in [0.1, 0.15) is 23.6 Å². The monoisotopic (exact) mass is 364 g/mol. The molecule has 0 saturated carbocycles. The van der Waals surface area contributed by atoms with Gasteiger partial charge in [-0.3, -0.25) is 0 Å². The third-order valence-corrected chi connectivity index (χ3v) is 3.39. The van der Waals surface area contributed by atoms with E-state index in [1.807, 2.05) is 22.6 Å². The standard InChI is InChI=1S/C13H8F3IO/c14-8-1-2-11(12(17)6-8)13(18)7-3-9(15)5-10(16)4-7/h1-6,13,18H. The van der Waals surface area contributed by atoms with E-state index in [2.05, 4.69) is 0 Å². The molecule has 2 aromatic rings. The molecular formula is C13H8F3IO. The molecule has 0 bridgehead atoms. The highest BCUT2D eigenvalue weighted by molar-refractivity contribution is 14.1. The van der Waals surface area contributed by atoms with Crippen molar-refractivity contribution < 1.29 is 18.3 Å². The minimum Gasteiger partial charge on any atom is -0.384 e. The van der Waals surface area contributed by atoms with Gasteiger partial charge in [-0.2, -0.15) is 0 Å². The quantitative estimate of drug-likeness (QED) is 0.805. The third kappa shape index (κ3) is 2.84. The van der Waals surface area contributed by atoms with Crippen LogP contribution < -0.4 is 0 Å². The first-order valence-electron chi connectivity index (χ1n) is 5.06. The van der Waals surface area contributed by atoms with Gasteiger partial charge < -0.3 is 5.11 Å². The molecule has 0 fully saturated rings. The Hall–Kier alpha value is -1.08. The van der Waals surface area contributed by atoms with Crippen molar-refractivity contribution in [1.29, 1.82) is 0 Å². The van der Waals surface area contributed by atoms with Crippen molar-refractivity contribution in [1.82, 2.24) is 0 Å².